The van der Waals surface area contributed by atoms with Gasteiger partial charge in [0.05, 0.1) is 11.7 Å². The number of ether oxygens (including phenoxy) is 1. The molecular weight excluding hydrogens is 316 g/mol. The van der Waals surface area contributed by atoms with Crippen LogP contribution in [0.25, 0.3) is 0 Å². The Morgan fingerprint density at radius 3 is 2.60 bits per heavy atom. The van der Waals surface area contributed by atoms with E-state index in [-0.39, 0.29) is 28.0 Å². The average Bonchev–Trinajstić information content (AvgIpc) is 2.51. The molecule has 0 amide bonds. The van der Waals surface area contributed by atoms with Crippen LogP contribution >= 0.6 is 0 Å². The van der Waals surface area contributed by atoms with E-state index in [0.29, 0.717) is 29.1 Å². The van der Waals surface area contributed by atoms with E-state index >= 15 is 0 Å². The molecule has 0 saturated heterocycles. The monoisotopic (exact) mass is 346 g/mol. The van der Waals surface area contributed by atoms with Crippen LogP contribution in [-0.2, 0) is 6.42 Å². The molecule has 2 saturated carbocycles. The fourth-order valence-electron chi connectivity index (χ4n) is 6.24. The second kappa shape index (κ2) is 5.12. The number of rotatable bonds is 0. The van der Waals surface area contributed by atoms with E-state index in [1.807, 2.05) is 0 Å². The number of aliphatic hydroxyl groups excluding tert-OH is 1. The van der Waals surface area contributed by atoms with E-state index in [9.17, 15) is 9.90 Å². The summed E-state index contributed by atoms with van der Waals surface area (Å²) in [6.45, 7) is 10.7. The van der Waals surface area contributed by atoms with Gasteiger partial charge in [0.1, 0.15) is 11.4 Å². The molecule has 5 atom stereocenters. The highest BCUT2D eigenvalue weighted by atomic mass is 16.6. The molecule has 3 aliphatic rings. The van der Waals surface area contributed by atoms with Gasteiger partial charge in [-0.3, -0.25) is 4.79 Å². The van der Waals surface area contributed by atoms with Crippen LogP contribution in [0, 0.1) is 29.6 Å². The molecule has 0 bridgehead atoms. The molecule has 25 heavy (non-hydrogen) atoms. The second-order valence-corrected chi connectivity index (χ2v) is 9.52. The summed E-state index contributed by atoms with van der Waals surface area (Å²) in [4.78, 5) is 12.4. The molecule has 1 aromatic rings. The number of fused-ring (bicyclic) bond motifs is 4. The van der Waals surface area contributed by atoms with Gasteiger partial charge in [-0.05, 0) is 57.3 Å². The van der Waals surface area contributed by atoms with Gasteiger partial charge >= 0.3 is 0 Å². The Morgan fingerprint density at radius 2 is 1.88 bits per heavy atom. The van der Waals surface area contributed by atoms with Gasteiger partial charge in [0.25, 0.3) is 5.95 Å². The number of aliphatic hydroxyl groups is 1. The Bertz CT molecular complexity index is 764. The van der Waals surface area contributed by atoms with Crippen LogP contribution in [0.3, 0.4) is 0 Å². The topological polar surface area (TPSA) is 59.7 Å². The predicted molar refractivity (Wildman–Crippen MR) is 95.8 cm³/mol. The van der Waals surface area contributed by atoms with Crippen LogP contribution in [-0.4, -0.2) is 16.8 Å². The summed E-state index contributed by atoms with van der Waals surface area (Å²) in [5.74, 6) is 1.73. The minimum atomic E-state index is -0.371. The zero-order valence-electron chi connectivity index (χ0n) is 16.0. The van der Waals surface area contributed by atoms with Crippen molar-refractivity contribution in [3.05, 3.63) is 27.6 Å². The van der Waals surface area contributed by atoms with Crippen LogP contribution in [0.2, 0.25) is 0 Å². The van der Waals surface area contributed by atoms with Gasteiger partial charge in [-0.1, -0.05) is 20.8 Å². The van der Waals surface area contributed by atoms with Crippen molar-refractivity contribution in [1.82, 2.24) is 0 Å². The molecular formula is C21H30O4. The Hall–Kier alpha value is -1.29. The molecule has 4 rings (SSSR count). The highest BCUT2D eigenvalue weighted by Gasteiger charge is 2.65. The first kappa shape index (κ1) is 17.1. The van der Waals surface area contributed by atoms with Gasteiger partial charge < -0.3 is 14.3 Å². The minimum absolute atomic E-state index is 0.0347. The quantitative estimate of drug-likeness (QED) is 0.775. The first-order valence-corrected chi connectivity index (χ1v) is 9.60. The van der Waals surface area contributed by atoms with Gasteiger partial charge in [-0.15, -0.1) is 0 Å². The molecule has 2 aliphatic carbocycles. The maximum Gasteiger partial charge on any atom is 0.292 e. The largest absolute Gasteiger partial charge is 0.458 e. The summed E-state index contributed by atoms with van der Waals surface area (Å²) in [5.41, 5.74) is 0.193. The Balaban J connectivity index is 1.82. The zero-order valence-corrected chi connectivity index (χ0v) is 16.0. The van der Waals surface area contributed by atoms with Gasteiger partial charge in [0.2, 0.25) is 0 Å². The Labute approximate surface area is 149 Å². The maximum absolute atomic E-state index is 12.4. The van der Waals surface area contributed by atoms with Gasteiger partial charge in [-0.25, -0.2) is 0 Å². The van der Waals surface area contributed by atoms with Crippen molar-refractivity contribution in [2.24, 2.45) is 22.7 Å². The maximum atomic E-state index is 12.4. The molecule has 0 unspecified atom stereocenters. The third kappa shape index (κ3) is 2.12. The van der Waals surface area contributed by atoms with Gasteiger partial charge in [0.15, 0.2) is 5.43 Å². The average molecular weight is 346 g/mol. The lowest BCUT2D eigenvalue weighted by molar-refractivity contribution is -0.222. The van der Waals surface area contributed by atoms with Crippen LogP contribution in [0.15, 0.2) is 15.3 Å². The van der Waals surface area contributed by atoms with Crippen molar-refractivity contribution in [1.29, 1.82) is 0 Å². The molecule has 2 heterocycles. The molecule has 4 nitrogen and oxygen atoms in total. The number of aryl methyl sites for hydroxylation is 1. The van der Waals surface area contributed by atoms with Crippen molar-refractivity contribution in [2.45, 2.75) is 78.4 Å². The minimum Gasteiger partial charge on any atom is -0.458 e. The number of hydrogen-bond donors (Lipinski definition) is 1. The van der Waals surface area contributed by atoms with Crippen LogP contribution in [0.5, 0.6) is 5.95 Å². The normalized spacial score (nSPS) is 41.9. The molecule has 1 aromatic heterocycles. The SMILES string of the molecule is Cc1cc(=O)c2c(o1)O[C@@]1(C)[C@@H](CC[C@H]3C(C)(C)[C@@H](O)CC[C@@]31C)C2. The smallest absolute Gasteiger partial charge is 0.292 e. The van der Waals surface area contributed by atoms with Gasteiger partial charge in [-0.2, -0.15) is 0 Å². The molecule has 0 aromatic carbocycles. The highest BCUT2D eigenvalue weighted by molar-refractivity contribution is 5.31. The fourth-order valence-corrected chi connectivity index (χ4v) is 6.24. The van der Waals surface area contributed by atoms with E-state index in [1.54, 1.807) is 13.0 Å². The van der Waals surface area contributed by atoms with Crippen molar-refractivity contribution in [3.8, 4) is 5.95 Å². The summed E-state index contributed by atoms with van der Waals surface area (Å²) in [6.07, 6.45) is 4.33. The Kier molecular flexibility index (Phi) is 3.51. The lowest BCUT2D eigenvalue weighted by Crippen LogP contribution is -2.67. The lowest BCUT2D eigenvalue weighted by Gasteiger charge is -2.65. The lowest BCUT2D eigenvalue weighted by atomic mass is 9.43. The molecule has 138 valence electrons. The molecule has 0 spiro atoms. The summed E-state index contributed by atoms with van der Waals surface area (Å²) >= 11 is 0. The van der Waals surface area contributed by atoms with E-state index in [2.05, 4.69) is 27.7 Å². The first-order chi connectivity index (χ1) is 11.6. The Morgan fingerprint density at radius 1 is 1.16 bits per heavy atom. The van der Waals surface area contributed by atoms with Crippen LogP contribution < -0.4 is 10.2 Å². The van der Waals surface area contributed by atoms with E-state index in [1.165, 1.54) is 0 Å². The summed E-state index contributed by atoms with van der Waals surface area (Å²) in [6, 6.07) is 1.57. The summed E-state index contributed by atoms with van der Waals surface area (Å²) in [7, 11) is 0. The van der Waals surface area contributed by atoms with E-state index in [4.69, 9.17) is 9.15 Å². The van der Waals surface area contributed by atoms with E-state index < -0.39 is 0 Å². The second-order valence-electron chi connectivity index (χ2n) is 9.52. The van der Waals surface area contributed by atoms with E-state index in [0.717, 1.165) is 32.1 Å². The molecule has 1 aliphatic heterocycles. The first-order valence-electron chi connectivity index (χ1n) is 9.60. The highest BCUT2D eigenvalue weighted by Crippen LogP contribution is 2.64. The zero-order chi connectivity index (χ0) is 18.2. The van der Waals surface area contributed by atoms with Crippen molar-refractivity contribution >= 4 is 0 Å². The third-order valence-corrected chi connectivity index (χ3v) is 8.07. The summed E-state index contributed by atoms with van der Waals surface area (Å²) < 4.78 is 12.4. The molecule has 2 fully saturated rings. The standard InChI is InChI=1S/C21H30O4/c1-12-10-15(22)14-11-13-6-7-16-19(2,3)17(23)8-9-20(16,4)21(13,5)25-18(14)24-12/h10,13,16-17,23H,6-9,11H2,1-5H3/t13-,16-,17-,20-,21-/m0/s1. The fraction of sp³-hybridized carbons (Fsp3) is 0.762. The van der Waals surface area contributed by atoms with Crippen molar-refractivity contribution < 1.29 is 14.3 Å². The molecule has 1 N–H and O–H groups in total. The molecule has 0 radical (unpaired) electrons. The van der Waals surface area contributed by atoms with Crippen molar-refractivity contribution in [3.63, 3.8) is 0 Å². The van der Waals surface area contributed by atoms with Crippen LogP contribution in [0.1, 0.15) is 64.7 Å². The van der Waals surface area contributed by atoms with Gasteiger partial charge in [0, 0.05) is 17.4 Å². The van der Waals surface area contributed by atoms with Crippen molar-refractivity contribution in [2.75, 3.05) is 0 Å². The number of hydrogen-bond acceptors (Lipinski definition) is 4. The molecule has 4 heteroatoms. The van der Waals surface area contributed by atoms with Crippen LogP contribution in [0.4, 0.5) is 0 Å². The predicted octanol–water partition coefficient (Wildman–Crippen LogP) is 3.86. The summed E-state index contributed by atoms with van der Waals surface area (Å²) in [5, 5.41) is 10.6. The third-order valence-electron chi connectivity index (χ3n) is 8.07.